The van der Waals surface area contributed by atoms with Crippen LogP contribution >= 0.6 is 11.6 Å². The maximum atomic E-state index is 5.87. The maximum absolute atomic E-state index is 5.87. The molecule has 5 heteroatoms. The van der Waals surface area contributed by atoms with Crippen molar-refractivity contribution in [2.75, 3.05) is 19.5 Å². The highest BCUT2D eigenvalue weighted by molar-refractivity contribution is 6.17. The predicted molar refractivity (Wildman–Crippen MR) is 77.6 cm³/mol. The van der Waals surface area contributed by atoms with Crippen LogP contribution in [-0.2, 0) is 13.0 Å². The summed E-state index contributed by atoms with van der Waals surface area (Å²) in [4.78, 5) is 11.5. The number of imidazole rings is 1. The van der Waals surface area contributed by atoms with Crippen LogP contribution in [0.1, 0.15) is 18.7 Å². The molecule has 2 aromatic rings. The average Bonchev–Trinajstić information content (AvgIpc) is 3.20. The lowest BCUT2D eigenvalue weighted by Gasteiger charge is -2.17. The van der Waals surface area contributed by atoms with E-state index in [1.807, 2.05) is 18.3 Å². The molecule has 0 spiro atoms. The van der Waals surface area contributed by atoms with Crippen molar-refractivity contribution in [3.63, 3.8) is 0 Å². The average molecular weight is 279 g/mol. The van der Waals surface area contributed by atoms with Crippen LogP contribution in [0.2, 0.25) is 0 Å². The number of hydrogen-bond acceptors (Lipinski definition) is 3. The summed E-state index contributed by atoms with van der Waals surface area (Å²) in [5.41, 5.74) is 1.95. The lowest BCUT2D eigenvalue weighted by atomic mass is 10.4. The number of halogens is 1. The van der Waals surface area contributed by atoms with Gasteiger partial charge >= 0.3 is 0 Å². The van der Waals surface area contributed by atoms with Crippen molar-refractivity contribution in [1.29, 1.82) is 0 Å². The van der Waals surface area contributed by atoms with Crippen LogP contribution in [0.15, 0.2) is 18.3 Å². The molecule has 0 aromatic carbocycles. The third kappa shape index (κ3) is 2.74. The van der Waals surface area contributed by atoms with Gasteiger partial charge in [0.25, 0.3) is 0 Å². The maximum Gasteiger partial charge on any atom is 0.160 e. The number of likely N-dealkylation sites (N-methyl/N-ethyl adjacent to an activating group) is 1. The molecular weight excluding hydrogens is 260 g/mol. The van der Waals surface area contributed by atoms with E-state index in [1.165, 1.54) is 12.8 Å². The summed E-state index contributed by atoms with van der Waals surface area (Å²) in [5, 5.41) is 0. The molecule has 1 aliphatic carbocycles. The van der Waals surface area contributed by atoms with E-state index in [0.717, 1.165) is 42.5 Å². The van der Waals surface area contributed by atoms with Crippen LogP contribution in [0.25, 0.3) is 11.2 Å². The van der Waals surface area contributed by atoms with Crippen molar-refractivity contribution in [2.24, 2.45) is 0 Å². The van der Waals surface area contributed by atoms with Crippen LogP contribution in [0.5, 0.6) is 0 Å². The minimum Gasteiger partial charge on any atom is -0.311 e. The zero-order chi connectivity index (χ0) is 13.2. The topological polar surface area (TPSA) is 34.0 Å². The first kappa shape index (κ1) is 12.9. The molecule has 3 rings (SSSR count). The van der Waals surface area contributed by atoms with E-state index in [9.17, 15) is 0 Å². The summed E-state index contributed by atoms with van der Waals surface area (Å²) < 4.78 is 2.22. The summed E-state index contributed by atoms with van der Waals surface area (Å²) in [5.74, 6) is 1.65. The Morgan fingerprint density at radius 1 is 1.47 bits per heavy atom. The van der Waals surface area contributed by atoms with E-state index in [4.69, 9.17) is 11.6 Å². The molecule has 0 amide bonds. The van der Waals surface area contributed by atoms with Gasteiger partial charge in [-0.25, -0.2) is 9.97 Å². The molecule has 0 aliphatic heterocycles. The van der Waals surface area contributed by atoms with Crippen LogP contribution in [-0.4, -0.2) is 44.9 Å². The van der Waals surface area contributed by atoms with Gasteiger partial charge < -0.3 is 9.47 Å². The molecule has 0 saturated heterocycles. The molecule has 0 atom stereocenters. The minimum absolute atomic E-state index is 0.599. The first-order valence-electron chi connectivity index (χ1n) is 6.86. The number of rotatable bonds is 6. The van der Waals surface area contributed by atoms with E-state index in [-0.39, 0.29) is 0 Å². The van der Waals surface area contributed by atoms with Crippen molar-refractivity contribution >= 4 is 22.8 Å². The number of hydrogen-bond donors (Lipinski definition) is 0. The van der Waals surface area contributed by atoms with E-state index in [1.54, 1.807) is 0 Å². The second-order valence-corrected chi connectivity index (χ2v) is 5.55. The zero-order valence-corrected chi connectivity index (χ0v) is 12.0. The number of nitrogens with zero attached hydrogens (tertiary/aromatic N) is 4. The molecule has 2 heterocycles. The summed E-state index contributed by atoms with van der Waals surface area (Å²) in [6.07, 6.45) is 5.31. The molecule has 2 aromatic heterocycles. The summed E-state index contributed by atoms with van der Waals surface area (Å²) in [6.45, 7) is 1.98. The fourth-order valence-corrected chi connectivity index (χ4v) is 2.64. The fourth-order valence-electron chi connectivity index (χ4n) is 2.47. The van der Waals surface area contributed by atoms with Gasteiger partial charge in [0, 0.05) is 37.6 Å². The van der Waals surface area contributed by atoms with Crippen molar-refractivity contribution in [3.8, 4) is 0 Å². The summed E-state index contributed by atoms with van der Waals surface area (Å²) in [7, 11) is 2.20. The molecule has 4 nitrogen and oxygen atoms in total. The molecule has 1 fully saturated rings. The minimum atomic E-state index is 0.599. The number of alkyl halides is 1. The number of aromatic nitrogens is 3. The van der Waals surface area contributed by atoms with Crippen molar-refractivity contribution in [1.82, 2.24) is 19.4 Å². The molecule has 102 valence electrons. The molecule has 0 bridgehead atoms. The normalized spacial score (nSPS) is 15.5. The zero-order valence-electron chi connectivity index (χ0n) is 11.2. The molecule has 0 radical (unpaired) electrons. The van der Waals surface area contributed by atoms with Gasteiger partial charge in [-0.3, -0.25) is 0 Å². The third-order valence-corrected chi connectivity index (χ3v) is 3.94. The van der Waals surface area contributed by atoms with Gasteiger partial charge in [-0.1, -0.05) is 0 Å². The standard InChI is InChI=1S/C14H19ClN4/c1-18(11-4-5-11)9-10-19-13(6-7-15)17-12-3-2-8-16-14(12)19/h2-3,8,11H,4-7,9-10H2,1H3. The second-order valence-electron chi connectivity index (χ2n) is 5.18. The Balaban J connectivity index is 1.83. The Bertz CT molecular complexity index is 562. The summed E-state index contributed by atoms with van der Waals surface area (Å²) >= 11 is 5.87. The van der Waals surface area contributed by atoms with Gasteiger partial charge in [0.15, 0.2) is 5.65 Å². The predicted octanol–water partition coefficient (Wildman–Crippen LogP) is 2.31. The van der Waals surface area contributed by atoms with Crippen LogP contribution in [0.3, 0.4) is 0 Å². The van der Waals surface area contributed by atoms with E-state index < -0.39 is 0 Å². The van der Waals surface area contributed by atoms with E-state index in [0.29, 0.717) is 5.88 Å². The fraction of sp³-hybridized carbons (Fsp3) is 0.571. The van der Waals surface area contributed by atoms with Crippen LogP contribution in [0.4, 0.5) is 0 Å². The number of pyridine rings is 1. The molecule has 0 unspecified atom stereocenters. The van der Waals surface area contributed by atoms with Gasteiger partial charge in [-0.15, -0.1) is 11.6 Å². The van der Waals surface area contributed by atoms with Crippen molar-refractivity contribution in [3.05, 3.63) is 24.2 Å². The van der Waals surface area contributed by atoms with Gasteiger partial charge in [0.1, 0.15) is 11.3 Å². The molecule has 1 aliphatic rings. The Morgan fingerprint density at radius 3 is 3.05 bits per heavy atom. The highest BCUT2D eigenvalue weighted by Crippen LogP contribution is 2.25. The first-order chi connectivity index (χ1) is 9.29. The first-order valence-corrected chi connectivity index (χ1v) is 7.39. The quantitative estimate of drug-likeness (QED) is 0.761. The lowest BCUT2D eigenvalue weighted by molar-refractivity contribution is 0.309. The molecular formula is C14H19ClN4. The third-order valence-electron chi connectivity index (χ3n) is 3.75. The molecule has 19 heavy (non-hydrogen) atoms. The molecule has 1 saturated carbocycles. The number of fused-ring (bicyclic) bond motifs is 1. The number of aryl methyl sites for hydroxylation is 1. The van der Waals surface area contributed by atoms with E-state index in [2.05, 4.69) is 26.5 Å². The highest BCUT2D eigenvalue weighted by atomic mass is 35.5. The van der Waals surface area contributed by atoms with Gasteiger partial charge in [-0.2, -0.15) is 0 Å². The largest absolute Gasteiger partial charge is 0.311 e. The Kier molecular flexibility index (Phi) is 3.71. The second kappa shape index (κ2) is 5.47. The Hall–Kier alpha value is -1.13. The summed E-state index contributed by atoms with van der Waals surface area (Å²) in [6, 6.07) is 4.74. The van der Waals surface area contributed by atoms with Gasteiger partial charge in [0.05, 0.1) is 0 Å². The molecule has 0 N–H and O–H groups in total. The van der Waals surface area contributed by atoms with Gasteiger partial charge in [-0.05, 0) is 32.0 Å². The smallest absolute Gasteiger partial charge is 0.160 e. The van der Waals surface area contributed by atoms with Crippen molar-refractivity contribution in [2.45, 2.75) is 31.8 Å². The van der Waals surface area contributed by atoms with Crippen LogP contribution in [0, 0.1) is 0 Å². The van der Waals surface area contributed by atoms with Crippen molar-refractivity contribution < 1.29 is 0 Å². The van der Waals surface area contributed by atoms with Crippen LogP contribution < -0.4 is 0 Å². The van der Waals surface area contributed by atoms with Gasteiger partial charge in [0.2, 0.25) is 0 Å². The van der Waals surface area contributed by atoms with E-state index >= 15 is 0 Å². The SMILES string of the molecule is CN(CCn1c(CCCl)nc2cccnc21)C1CC1. The monoisotopic (exact) mass is 278 g/mol. The highest BCUT2D eigenvalue weighted by Gasteiger charge is 2.25. The Morgan fingerprint density at radius 2 is 2.32 bits per heavy atom. The Labute approximate surface area is 118 Å². The lowest BCUT2D eigenvalue weighted by Crippen LogP contribution is -2.26.